The van der Waals surface area contributed by atoms with E-state index in [4.69, 9.17) is 14.0 Å². The van der Waals surface area contributed by atoms with Gasteiger partial charge in [0.2, 0.25) is 5.91 Å². The van der Waals surface area contributed by atoms with E-state index >= 15 is 0 Å². The lowest BCUT2D eigenvalue weighted by molar-refractivity contribution is -0.142. The number of aliphatic hydroxyl groups is 3. The summed E-state index contributed by atoms with van der Waals surface area (Å²) >= 11 is 0. The fraction of sp³-hybridized carbons (Fsp3) is 0.727. The van der Waals surface area contributed by atoms with Crippen molar-refractivity contribution in [1.29, 1.82) is 0 Å². The molecule has 1 amide bonds. The maximum Gasteiger partial charge on any atom is 0.359 e. The summed E-state index contributed by atoms with van der Waals surface area (Å²) in [5.74, 6) is -1.29. The molecule has 2 heterocycles. The molecule has 0 spiro atoms. The van der Waals surface area contributed by atoms with E-state index in [1.807, 2.05) is 0 Å². The highest BCUT2D eigenvalue weighted by molar-refractivity contribution is 7.54. The molecule has 1 saturated heterocycles. The van der Waals surface area contributed by atoms with Crippen LogP contribution in [0, 0.1) is 0 Å². The summed E-state index contributed by atoms with van der Waals surface area (Å²) in [4.78, 5) is 49.7. The van der Waals surface area contributed by atoms with Crippen molar-refractivity contribution in [1.82, 2.24) is 9.55 Å². The second kappa shape index (κ2) is 11.7. The predicted molar refractivity (Wildman–Crippen MR) is 129 cm³/mol. The van der Waals surface area contributed by atoms with Gasteiger partial charge >= 0.3 is 19.3 Å². The van der Waals surface area contributed by atoms with Gasteiger partial charge in [0.1, 0.15) is 24.6 Å². The van der Waals surface area contributed by atoms with Crippen molar-refractivity contribution in [2.75, 3.05) is 5.32 Å². The van der Waals surface area contributed by atoms with Crippen LogP contribution in [-0.4, -0.2) is 70.9 Å². The summed E-state index contributed by atoms with van der Waals surface area (Å²) in [6, 6.07) is 0. The van der Waals surface area contributed by atoms with Crippen LogP contribution in [0.15, 0.2) is 11.0 Å². The number of aliphatic hydroxyl groups excluding tert-OH is 2. The highest BCUT2D eigenvalue weighted by Gasteiger charge is 2.50. The minimum Gasteiger partial charge on any atom is -0.461 e. The molecule has 14 nitrogen and oxygen atoms in total. The van der Waals surface area contributed by atoms with Crippen molar-refractivity contribution >= 4 is 25.3 Å². The number of nitrogens with one attached hydrogen (secondary N) is 1. The van der Waals surface area contributed by atoms with Gasteiger partial charge in [-0.1, -0.05) is 13.8 Å². The van der Waals surface area contributed by atoms with E-state index in [0.717, 1.165) is 4.57 Å². The van der Waals surface area contributed by atoms with Crippen LogP contribution < -0.4 is 11.0 Å². The smallest absolute Gasteiger partial charge is 0.359 e. The molecule has 5 N–H and O–H groups in total. The van der Waals surface area contributed by atoms with Gasteiger partial charge in [-0.25, -0.2) is 4.79 Å². The maximum atomic E-state index is 12.8. The first-order valence-electron chi connectivity index (χ1n) is 11.8. The first kappa shape index (κ1) is 31.0. The van der Waals surface area contributed by atoms with Gasteiger partial charge in [-0.3, -0.25) is 18.7 Å². The van der Waals surface area contributed by atoms with Crippen LogP contribution in [-0.2, 0) is 34.8 Å². The zero-order valence-electron chi connectivity index (χ0n) is 21.7. The molecule has 3 unspecified atom stereocenters. The Balaban J connectivity index is 2.36. The Morgan fingerprint density at radius 2 is 1.84 bits per heavy atom. The van der Waals surface area contributed by atoms with E-state index in [-0.39, 0.29) is 37.3 Å². The Hall–Kier alpha value is -2.19. The van der Waals surface area contributed by atoms with Crippen molar-refractivity contribution in [2.45, 2.75) is 103 Å². The average Bonchev–Trinajstić information content (AvgIpc) is 3.05. The fourth-order valence-corrected chi connectivity index (χ4v) is 5.05. The zero-order chi connectivity index (χ0) is 28.3. The van der Waals surface area contributed by atoms with E-state index in [1.54, 1.807) is 6.92 Å². The van der Waals surface area contributed by atoms with Crippen molar-refractivity contribution in [2.24, 2.45) is 0 Å². The molecule has 1 aromatic rings. The Morgan fingerprint density at radius 3 is 2.35 bits per heavy atom. The van der Waals surface area contributed by atoms with Gasteiger partial charge in [0, 0.05) is 32.0 Å². The molecule has 15 heteroatoms. The van der Waals surface area contributed by atoms with Gasteiger partial charge in [-0.2, -0.15) is 4.98 Å². The summed E-state index contributed by atoms with van der Waals surface area (Å²) in [6.45, 7) is 7.91. The number of carbonyl (C=O) groups excluding carboxylic acids is 2. The first-order valence-corrected chi connectivity index (χ1v) is 13.3. The standard InChI is InChI=1S/C22H36N3O11P/c1-7-21(5,36-37(32,33)22(6,31)8-2)9-15-16(28)17(29)19(35-15)25-10-14(11-34-13(4)27)18(23-12(3)26)24-20(25)30/h10,15-17,19,28-29,31H,7-9,11H2,1-6H3,(H,32,33)(H,23,24,26,30)/t15-,16-,17-,19-,21?,22?/m1/s1. The number of hydrogen-bond acceptors (Lipinski definition) is 11. The van der Waals surface area contributed by atoms with Crippen molar-refractivity contribution < 1.29 is 48.4 Å². The normalized spacial score (nSPS) is 26.5. The predicted octanol–water partition coefficient (Wildman–Crippen LogP) is 0.763. The minimum atomic E-state index is -4.53. The zero-order valence-corrected chi connectivity index (χ0v) is 22.6. The highest BCUT2D eigenvalue weighted by atomic mass is 31.2. The molecule has 0 aliphatic carbocycles. The van der Waals surface area contributed by atoms with Gasteiger partial charge in [-0.05, 0) is 26.7 Å². The van der Waals surface area contributed by atoms with Gasteiger partial charge < -0.3 is 39.5 Å². The lowest BCUT2D eigenvalue weighted by Crippen LogP contribution is -2.40. The summed E-state index contributed by atoms with van der Waals surface area (Å²) in [7, 11) is -4.53. The van der Waals surface area contributed by atoms with Crippen molar-refractivity contribution in [3.8, 4) is 0 Å². The number of amides is 1. The molecule has 2 rings (SSSR count). The third kappa shape index (κ3) is 7.23. The minimum absolute atomic E-state index is 0.0516. The van der Waals surface area contributed by atoms with Crippen LogP contribution in [0.3, 0.4) is 0 Å². The van der Waals surface area contributed by atoms with E-state index in [9.17, 15) is 39.2 Å². The number of aromatic nitrogens is 2. The number of ether oxygens (including phenoxy) is 2. The van der Waals surface area contributed by atoms with Crippen LogP contribution in [0.1, 0.15) is 72.6 Å². The summed E-state index contributed by atoms with van der Waals surface area (Å²) in [6.07, 6.45) is -4.56. The maximum absolute atomic E-state index is 12.8. The number of anilines is 1. The molecule has 1 aliphatic heterocycles. The topological polar surface area (TPSA) is 207 Å². The van der Waals surface area contributed by atoms with Gasteiger partial charge in [-0.15, -0.1) is 0 Å². The number of rotatable bonds is 11. The van der Waals surface area contributed by atoms with E-state index < -0.39 is 60.6 Å². The lowest BCUT2D eigenvalue weighted by atomic mass is 9.93. The van der Waals surface area contributed by atoms with E-state index in [0.29, 0.717) is 0 Å². The highest BCUT2D eigenvalue weighted by Crippen LogP contribution is 2.59. The fourth-order valence-electron chi connectivity index (χ4n) is 3.65. The molecular weight excluding hydrogens is 513 g/mol. The quantitative estimate of drug-likeness (QED) is 0.192. The summed E-state index contributed by atoms with van der Waals surface area (Å²) in [5, 5.41) is 32.1. The molecule has 1 aromatic heterocycles. The van der Waals surface area contributed by atoms with Crippen LogP contribution in [0.5, 0.6) is 0 Å². The number of carbonyl (C=O) groups is 2. The summed E-state index contributed by atoms with van der Waals surface area (Å²) < 4.78 is 29.9. The molecule has 1 fully saturated rings. The van der Waals surface area contributed by atoms with Crippen LogP contribution in [0.4, 0.5) is 5.82 Å². The molecule has 210 valence electrons. The van der Waals surface area contributed by atoms with Gasteiger partial charge in [0.05, 0.1) is 11.7 Å². The van der Waals surface area contributed by atoms with Crippen LogP contribution in [0.2, 0.25) is 0 Å². The molecule has 7 atom stereocenters. The summed E-state index contributed by atoms with van der Waals surface area (Å²) in [5.41, 5.74) is -2.16. The Kier molecular flexibility index (Phi) is 9.80. The second-order valence-electron chi connectivity index (χ2n) is 9.50. The Labute approximate surface area is 214 Å². The third-order valence-corrected chi connectivity index (χ3v) is 8.59. The van der Waals surface area contributed by atoms with E-state index in [2.05, 4.69) is 10.3 Å². The van der Waals surface area contributed by atoms with Crippen LogP contribution in [0.25, 0.3) is 0 Å². The molecule has 0 radical (unpaired) electrons. The van der Waals surface area contributed by atoms with Crippen molar-refractivity contribution in [3.63, 3.8) is 0 Å². The number of nitrogens with zero attached hydrogens (tertiary/aromatic N) is 2. The van der Waals surface area contributed by atoms with Gasteiger partial charge in [0.25, 0.3) is 0 Å². The Bertz CT molecular complexity index is 1110. The Morgan fingerprint density at radius 1 is 1.22 bits per heavy atom. The largest absolute Gasteiger partial charge is 0.461 e. The molecular formula is C22H36N3O11P. The lowest BCUT2D eigenvalue weighted by Gasteiger charge is -2.37. The van der Waals surface area contributed by atoms with E-state index in [1.165, 1.54) is 40.8 Å². The van der Waals surface area contributed by atoms with Crippen molar-refractivity contribution in [3.05, 3.63) is 22.2 Å². The molecule has 0 aromatic carbocycles. The molecule has 37 heavy (non-hydrogen) atoms. The monoisotopic (exact) mass is 549 g/mol. The molecule has 0 bridgehead atoms. The SMILES string of the molecule is CCC(C)(C[C@H]1O[C@@H](n2cc(COC(C)=O)c(NC(C)=O)nc2=O)[C@H](O)[C@@H]1O)OP(=O)(O)C(C)(O)CC. The molecule has 1 aliphatic rings. The van der Waals surface area contributed by atoms with Gasteiger partial charge in [0.15, 0.2) is 11.6 Å². The second-order valence-corrected chi connectivity index (χ2v) is 11.7. The first-order chi connectivity index (χ1) is 17.0. The molecule has 0 saturated carbocycles. The number of hydrogen-bond donors (Lipinski definition) is 5. The third-order valence-electron chi connectivity index (χ3n) is 6.37. The van der Waals surface area contributed by atoms with Crippen LogP contribution >= 0.6 is 7.60 Å². The number of esters is 1. The average molecular weight is 550 g/mol.